The highest BCUT2D eigenvalue weighted by Gasteiger charge is 2.42. The topological polar surface area (TPSA) is 99.7 Å². The van der Waals surface area contributed by atoms with Crippen molar-refractivity contribution in [2.45, 2.75) is 31.5 Å². The maximum Gasteiger partial charge on any atom is 0.224 e. The Balaban J connectivity index is 1.79. The Kier molecular flexibility index (Phi) is 3.08. The van der Waals surface area contributed by atoms with E-state index in [1.807, 2.05) is 25.3 Å². The number of hydrogen-bond acceptors (Lipinski definition) is 6. The van der Waals surface area contributed by atoms with Crippen LogP contribution in [0.1, 0.15) is 23.9 Å². The molecule has 0 spiro atoms. The molecule has 0 aromatic carbocycles. The molecular weight excluding hydrogens is 256 g/mol. The fraction of sp³-hybridized carbons (Fsp3) is 0.385. The number of aromatic nitrogens is 4. The number of hydrogen-bond donors (Lipinski definition) is 2. The third kappa shape index (κ3) is 2.21. The van der Waals surface area contributed by atoms with Crippen molar-refractivity contribution in [3.05, 3.63) is 35.9 Å². The van der Waals surface area contributed by atoms with Crippen LogP contribution >= 0.6 is 0 Å². The SMILES string of the molecule is Cc1cc(C#N)nc(N[C@H]2C[C@@H](O)[C@@H]2n2cccn2)n1. The van der Waals surface area contributed by atoms with Crippen LogP contribution < -0.4 is 5.32 Å². The predicted octanol–water partition coefficient (Wildman–Crippen LogP) is 0.640. The summed E-state index contributed by atoms with van der Waals surface area (Å²) in [6.07, 6.45) is 3.66. The second kappa shape index (κ2) is 4.90. The average molecular weight is 270 g/mol. The van der Waals surface area contributed by atoms with Crippen LogP contribution in [0, 0.1) is 18.3 Å². The van der Waals surface area contributed by atoms with Gasteiger partial charge in [0.15, 0.2) is 0 Å². The first-order valence-electron chi connectivity index (χ1n) is 6.37. The van der Waals surface area contributed by atoms with Crippen molar-refractivity contribution < 1.29 is 5.11 Å². The van der Waals surface area contributed by atoms with E-state index in [1.165, 1.54) is 0 Å². The zero-order valence-corrected chi connectivity index (χ0v) is 10.9. The summed E-state index contributed by atoms with van der Waals surface area (Å²) in [5.41, 5.74) is 1.06. The van der Waals surface area contributed by atoms with E-state index in [0.29, 0.717) is 18.1 Å². The number of nitriles is 1. The van der Waals surface area contributed by atoms with E-state index in [-0.39, 0.29) is 12.1 Å². The van der Waals surface area contributed by atoms with Crippen molar-refractivity contribution in [3.8, 4) is 6.07 Å². The van der Waals surface area contributed by atoms with Gasteiger partial charge in [-0.25, -0.2) is 9.97 Å². The lowest BCUT2D eigenvalue weighted by molar-refractivity contribution is 0.0132. The first kappa shape index (κ1) is 12.6. The van der Waals surface area contributed by atoms with Gasteiger partial charge in [-0.1, -0.05) is 0 Å². The Hall–Kier alpha value is -2.46. The zero-order chi connectivity index (χ0) is 14.1. The second-order valence-electron chi connectivity index (χ2n) is 4.86. The highest BCUT2D eigenvalue weighted by Crippen LogP contribution is 2.34. The van der Waals surface area contributed by atoms with Crippen molar-refractivity contribution in [1.82, 2.24) is 19.7 Å². The summed E-state index contributed by atoms with van der Waals surface area (Å²) in [6.45, 7) is 1.81. The van der Waals surface area contributed by atoms with Crippen LogP contribution in [0.4, 0.5) is 5.95 Å². The summed E-state index contributed by atoms with van der Waals surface area (Å²) < 4.78 is 1.73. The molecule has 20 heavy (non-hydrogen) atoms. The van der Waals surface area contributed by atoms with Gasteiger partial charge in [-0.3, -0.25) is 4.68 Å². The third-order valence-electron chi connectivity index (χ3n) is 3.42. The molecule has 0 saturated heterocycles. The quantitative estimate of drug-likeness (QED) is 0.849. The minimum absolute atomic E-state index is 0.00163. The summed E-state index contributed by atoms with van der Waals surface area (Å²) >= 11 is 0. The molecule has 2 N–H and O–H groups in total. The highest BCUT2D eigenvalue weighted by atomic mass is 16.3. The van der Waals surface area contributed by atoms with Crippen molar-refractivity contribution >= 4 is 5.95 Å². The number of rotatable bonds is 3. The van der Waals surface area contributed by atoms with Crippen LogP contribution in [-0.4, -0.2) is 37.0 Å². The maximum atomic E-state index is 9.89. The molecule has 1 fully saturated rings. The average Bonchev–Trinajstić information content (AvgIpc) is 2.90. The lowest BCUT2D eigenvalue weighted by Crippen LogP contribution is -2.51. The van der Waals surface area contributed by atoms with Gasteiger partial charge in [0.1, 0.15) is 11.8 Å². The van der Waals surface area contributed by atoms with Crippen LogP contribution in [0.25, 0.3) is 0 Å². The molecule has 0 amide bonds. The number of aryl methyl sites for hydroxylation is 1. The predicted molar refractivity (Wildman–Crippen MR) is 70.8 cm³/mol. The number of nitrogens with zero attached hydrogens (tertiary/aromatic N) is 5. The molecule has 2 heterocycles. The van der Waals surface area contributed by atoms with Crippen molar-refractivity contribution in [3.63, 3.8) is 0 Å². The molecular formula is C13H14N6O. The van der Waals surface area contributed by atoms with E-state index >= 15 is 0 Å². The molecule has 1 aliphatic rings. The molecule has 1 aliphatic carbocycles. The van der Waals surface area contributed by atoms with Gasteiger partial charge in [-0.05, 0) is 25.5 Å². The van der Waals surface area contributed by atoms with Crippen LogP contribution in [-0.2, 0) is 0 Å². The summed E-state index contributed by atoms with van der Waals surface area (Å²) in [5.74, 6) is 0.413. The third-order valence-corrected chi connectivity index (χ3v) is 3.42. The first-order valence-corrected chi connectivity index (χ1v) is 6.37. The lowest BCUT2D eigenvalue weighted by Gasteiger charge is -2.41. The molecule has 3 rings (SSSR count). The van der Waals surface area contributed by atoms with E-state index in [9.17, 15) is 5.11 Å². The standard InChI is InChI=1S/C13H14N6O/c1-8-5-9(7-14)17-13(16-8)18-10-6-11(20)12(10)19-4-2-3-15-19/h2-5,10-12,20H,6H2,1H3,(H,16,17,18)/t10-,11+,12+/m0/s1. The van der Waals surface area contributed by atoms with Crippen LogP contribution in [0.5, 0.6) is 0 Å². The van der Waals surface area contributed by atoms with Crippen molar-refractivity contribution in [2.75, 3.05) is 5.32 Å². The molecule has 2 aromatic rings. The van der Waals surface area contributed by atoms with Crippen LogP contribution in [0.2, 0.25) is 0 Å². The van der Waals surface area contributed by atoms with E-state index in [0.717, 1.165) is 5.69 Å². The summed E-state index contributed by atoms with van der Waals surface area (Å²) in [7, 11) is 0. The molecule has 7 nitrogen and oxygen atoms in total. The lowest BCUT2D eigenvalue weighted by atomic mass is 9.83. The minimum Gasteiger partial charge on any atom is -0.391 e. The second-order valence-corrected chi connectivity index (χ2v) is 4.86. The van der Waals surface area contributed by atoms with Gasteiger partial charge in [0, 0.05) is 18.1 Å². The van der Waals surface area contributed by atoms with Gasteiger partial charge >= 0.3 is 0 Å². The molecule has 0 unspecified atom stereocenters. The van der Waals surface area contributed by atoms with E-state index in [1.54, 1.807) is 16.9 Å². The number of aliphatic hydroxyl groups excluding tert-OH is 1. The fourth-order valence-corrected chi connectivity index (χ4v) is 2.43. The number of aliphatic hydroxyl groups is 1. The number of nitrogens with one attached hydrogen (secondary N) is 1. The molecule has 3 atom stereocenters. The molecule has 0 bridgehead atoms. The Morgan fingerprint density at radius 1 is 1.50 bits per heavy atom. The Morgan fingerprint density at radius 3 is 3.00 bits per heavy atom. The monoisotopic (exact) mass is 270 g/mol. The zero-order valence-electron chi connectivity index (χ0n) is 10.9. The maximum absolute atomic E-state index is 9.89. The minimum atomic E-state index is -0.437. The largest absolute Gasteiger partial charge is 0.391 e. The van der Waals surface area contributed by atoms with Gasteiger partial charge in [-0.15, -0.1) is 0 Å². The summed E-state index contributed by atoms with van der Waals surface area (Å²) in [6, 6.07) is 5.32. The first-order chi connectivity index (χ1) is 9.67. The van der Waals surface area contributed by atoms with E-state index < -0.39 is 6.10 Å². The van der Waals surface area contributed by atoms with E-state index in [2.05, 4.69) is 20.4 Å². The van der Waals surface area contributed by atoms with Gasteiger partial charge in [0.2, 0.25) is 5.95 Å². The number of anilines is 1. The van der Waals surface area contributed by atoms with Gasteiger partial charge < -0.3 is 10.4 Å². The molecule has 102 valence electrons. The summed E-state index contributed by atoms with van der Waals surface area (Å²) in [4.78, 5) is 8.38. The molecule has 7 heteroatoms. The highest BCUT2D eigenvalue weighted by molar-refractivity contribution is 5.35. The van der Waals surface area contributed by atoms with E-state index in [4.69, 9.17) is 5.26 Å². The molecule has 0 radical (unpaired) electrons. The van der Waals surface area contributed by atoms with Crippen LogP contribution in [0.15, 0.2) is 24.5 Å². The smallest absolute Gasteiger partial charge is 0.224 e. The van der Waals surface area contributed by atoms with Crippen LogP contribution in [0.3, 0.4) is 0 Å². The van der Waals surface area contributed by atoms with Gasteiger partial charge in [-0.2, -0.15) is 10.4 Å². The molecule has 2 aromatic heterocycles. The molecule has 0 aliphatic heterocycles. The Labute approximate surface area is 115 Å². The van der Waals surface area contributed by atoms with Gasteiger partial charge in [0.05, 0.1) is 18.2 Å². The van der Waals surface area contributed by atoms with Crippen molar-refractivity contribution in [1.29, 1.82) is 5.26 Å². The Morgan fingerprint density at radius 2 is 2.35 bits per heavy atom. The fourth-order valence-electron chi connectivity index (χ4n) is 2.43. The Bertz CT molecular complexity index is 647. The van der Waals surface area contributed by atoms with Crippen molar-refractivity contribution in [2.24, 2.45) is 0 Å². The van der Waals surface area contributed by atoms with Gasteiger partial charge in [0.25, 0.3) is 0 Å². The molecule has 1 saturated carbocycles. The summed E-state index contributed by atoms with van der Waals surface area (Å²) in [5, 5.41) is 26.1. The normalized spacial score (nSPS) is 24.8.